The molecule has 0 saturated carbocycles. The molecule has 1 saturated heterocycles. The summed E-state index contributed by atoms with van der Waals surface area (Å²) in [6, 6.07) is 5.46. The molecule has 0 aliphatic carbocycles. The van der Waals surface area contributed by atoms with Gasteiger partial charge in [0.2, 0.25) is 0 Å². The Balaban J connectivity index is 1.81. The number of rotatable bonds is 6. The Morgan fingerprint density at radius 1 is 1.41 bits per heavy atom. The number of carbonyl (C=O) groups excluding carboxylic acids is 1. The molecule has 0 spiro atoms. The van der Waals surface area contributed by atoms with Crippen LogP contribution in [-0.4, -0.2) is 53.7 Å². The van der Waals surface area contributed by atoms with Gasteiger partial charge in [-0.05, 0) is 37.6 Å². The number of hydrogen-bond donors (Lipinski definition) is 2. The van der Waals surface area contributed by atoms with Crippen molar-refractivity contribution in [3.63, 3.8) is 0 Å². The smallest absolute Gasteiger partial charge is 0.317 e. The summed E-state index contributed by atoms with van der Waals surface area (Å²) in [5, 5.41) is 11.6. The number of benzene rings is 1. The molecule has 1 fully saturated rings. The number of ether oxygens (including phenoxy) is 1. The number of amides is 1. The summed E-state index contributed by atoms with van der Waals surface area (Å²) in [7, 11) is 0. The van der Waals surface area contributed by atoms with E-state index >= 15 is 0 Å². The average molecular weight is 310 g/mol. The van der Waals surface area contributed by atoms with Gasteiger partial charge in [0, 0.05) is 18.6 Å². The summed E-state index contributed by atoms with van der Waals surface area (Å²) >= 11 is 0. The maximum atomic E-state index is 12.8. The summed E-state index contributed by atoms with van der Waals surface area (Å²) in [6.07, 6.45) is 0.683. The van der Waals surface area contributed by atoms with Crippen molar-refractivity contribution in [3.8, 4) is 5.75 Å². The molecular formula is C15H19FN2O4. The molecule has 2 rings (SSSR count). The quantitative estimate of drug-likeness (QED) is 0.815. The zero-order chi connectivity index (χ0) is 16.2. The van der Waals surface area contributed by atoms with Crippen LogP contribution < -0.4 is 10.1 Å². The summed E-state index contributed by atoms with van der Waals surface area (Å²) in [5.41, 5.74) is -0.399. The van der Waals surface area contributed by atoms with E-state index in [0.29, 0.717) is 25.3 Å². The maximum Gasteiger partial charge on any atom is 0.317 e. The average Bonchev–Trinajstić information content (AvgIpc) is 2.87. The first-order chi connectivity index (χ1) is 10.4. The third-order valence-electron chi connectivity index (χ3n) is 3.67. The highest BCUT2D eigenvalue weighted by atomic mass is 19.1. The number of halogens is 1. The van der Waals surface area contributed by atoms with Crippen molar-refractivity contribution >= 4 is 11.9 Å². The second-order valence-corrected chi connectivity index (χ2v) is 5.62. The van der Waals surface area contributed by atoms with E-state index in [1.54, 1.807) is 4.90 Å². The third kappa shape index (κ3) is 4.42. The Labute approximate surface area is 127 Å². The lowest BCUT2D eigenvalue weighted by Gasteiger charge is -2.25. The SMILES string of the molecule is C[C@]1(NCC(=O)O)CCN(C(=O)COc2ccc(F)cc2)C1. The summed E-state index contributed by atoms with van der Waals surface area (Å²) in [6.45, 7) is 2.62. The predicted octanol–water partition coefficient (Wildman–Crippen LogP) is 0.870. The monoisotopic (exact) mass is 310 g/mol. The molecule has 1 atom stereocenters. The lowest BCUT2D eigenvalue weighted by Crippen LogP contribution is -2.48. The van der Waals surface area contributed by atoms with Crippen molar-refractivity contribution in [2.75, 3.05) is 26.2 Å². The number of aliphatic carboxylic acids is 1. The van der Waals surface area contributed by atoms with Gasteiger partial charge >= 0.3 is 5.97 Å². The lowest BCUT2D eigenvalue weighted by atomic mass is 10.0. The Morgan fingerprint density at radius 3 is 2.73 bits per heavy atom. The first kappa shape index (κ1) is 16.2. The van der Waals surface area contributed by atoms with Crippen molar-refractivity contribution in [3.05, 3.63) is 30.1 Å². The molecular weight excluding hydrogens is 291 g/mol. The first-order valence-electron chi connectivity index (χ1n) is 7.01. The number of hydrogen-bond acceptors (Lipinski definition) is 4. The molecule has 120 valence electrons. The van der Waals surface area contributed by atoms with E-state index in [-0.39, 0.29) is 24.9 Å². The molecule has 1 heterocycles. The van der Waals surface area contributed by atoms with Crippen molar-refractivity contribution in [1.29, 1.82) is 0 Å². The predicted molar refractivity (Wildman–Crippen MR) is 77.1 cm³/mol. The highest BCUT2D eigenvalue weighted by Crippen LogP contribution is 2.21. The van der Waals surface area contributed by atoms with Gasteiger partial charge in [0.05, 0.1) is 6.54 Å². The molecule has 1 aromatic rings. The van der Waals surface area contributed by atoms with E-state index in [4.69, 9.17) is 9.84 Å². The van der Waals surface area contributed by atoms with Crippen molar-refractivity contribution in [1.82, 2.24) is 10.2 Å². The largest absolute Gasteiger partial charge is 0.484 e. The molecule has 2 N–H and O–H groups in total. The summed E-state index contributed by atoms with van der Waals surface area (Å²) in [4.78, 5) is 24.3. The highest BCUT2D eigenvalue weighted by Gasteiger charge is 2.36. The number of carbonyl (C=O) groups is 2. The van der Waals surface area contributed by atoms with Crippen LogP contribution in [0.2, 0.25) is 0 Å². The fourth-order valence-electron chi connectivity index (χ4n) is 2.37. The van der Waals surface area contributed by atoms with E-state index in [1.807, 2.05) is 6.92 Å². The van der Waals surface area contributed by atoms with Gasteiger partial charge in [-0.1, -0.05) is 0 Å². The van der Waals surface area contributed by atoms with Crippen LogP contribution in [0.25, 0.3) is 0 Å². The standard InChI is InChI=1S/C15H19FN2O4/c1-15(17-8-14(20)21)6-7-18(10-15)13(19)9-22-12-4-2-11(16)3-5-12/h2-5,17H,6-10H2,1H3,(H,20,21)/t15-/m0/s1. The second kappa shape index (κ2) is 6.74. The van der Waals surface area contributed by atoms with Gasteiger partial charge in [-0.2, -0.15) is 0 Å². The normalized spacial score (nSPS) is 20.9. The minimum Gasteiger partial charge on any atom is -0.484 e. The Morgan fingerprint density at radius 2 is 2.09 bits per heavy atom. The molecule has 0 radical (unpaired) electrons. The second-order valence-electron chi connectivity index (χ2n) is 5.62. The molecule has 0 unspecified atom stereocenters. The molecule has 1 aromatic carbocycles. The van der Waals surface area contributed by atoms with Gasteiger partial charge in [0.15, 0.2) is 6.61 Å². The van der Waals surface area contributed by atoms with E-state index in [2.05, 4.69) is 5.32 Å². The Kier molecular flexibility index (Phi) is 4.97. The Hall–Kier alpha value is -2.15. The molecule has 1 amide bonds. The van der Waals surface area contributed by atoms with E-state index in [0.717, 1.165) is 0 Å². The van der Waals surface area contributed by atoms with E-state index < -0.39 is 11.5 Å². The molecule has 6 nitrogen and oxygen atoms in total. The van der Waals surface area contributed by atoms with Gasteiger partial charge in [-0.3, -0.25) is 14.9 Å². The van der Waals surface area contributed by atoms with Crippen LogP contribution in [0.5, 0.6) is 5.75 Å². The molecule has 0 bridgehead atoms. The first-order valence-corrected chi connectivity index (χ1v) is 7.01. The van der Waals surface area contributed by atoms with E-state index in [9.17, 15) is 14.0 Å². The van der Waals surface area contributed by atoms with Crippen LogP contribution in [-0.2, 0) is 9.59 Å². The molecule has 7 heteroatoms. The van der Waals surface area contributed by atoms with Gasteiger partial charge in [0.1, 0.15) is 11.6 Å². The molecule has 1 aliphatic rings. The number of carboxylic acids is 1. The Bertz CT molecular complexity index is 549. The van der Waals surface area contributed by atoms with Gasteiger partial charge in [0.25, 0.3) is 5.91 Å². The summed E-state index contributed by atoms with van der Waals surface area (Å²) < 4.78 is 18.1. The van der Waals surface area contributed by atoms with Gasteiger partial charge in [-0.15, -0.1) is 0 Å². The maximum absolute atomic E-state index is 12.8. The van der Waals surface area contributed by atoms with Crippen molar-refractivity contribution in [2.45, 2.75) is 18.9 Å². The van der Waals surface area contributed by atoms with Crippen LogP contribution >= 0.6 is 0 Å². The highest BCUT2D eigenvalue weighted by molar-refractivity contribution is 5.78. The molecule has 0 aromatic heterocycles. The number of carboxylic acid groups (broad SMARTS) is 1. The number of likely N-dealkylation sites (tertiary alicyclic amines) is 1. The zero-order valence-corrected chi connectivity index (χ0v) is 12.3. The van der Waals surface area contributed by atoms with E-state index in [1.165, 1.54) is 24.3 Å². The lowest BCUT2D eigenvalue weighted by molar-refractivity contribution is -0.136. The molecule has 22 heavy (non-hydrogen) atoms. The van der Waals surface area contributed by atoms with Crippen molar-refractivity contribution in [2.24, 2.45) is 0 Å². The van der Waals surface area contributed by atoms with Gasteiger partial charge in [-0.25, -0.2) is 4.39 Å². The van der Waals surface area contributed by atoms with Crippen molar-refractivity contribution < 1.29 is 23.8 Å². The van der Waals surface area contributed by atoms with Crippen LogP contribution in [0.15, 0.2) is 24.3 Å². The fourth-order valence-corrected chi connectivity index (χ4v) is 2.37. The van der Waals surface area contributed by atoms with Crippen LogP contribution in [0.3, 0.4) is 0 Å². The third-order valence-corrected chi connectivity index (χ3v) is 3.67. The van der Waals surface area contributed by atoms with Crippen LogP contribution in [0, 0.1) is 5.82 Å². The minimum absolute atomic E-state index is 0.124. The minimum atomic E-state index is -0.925. The van der Waals surface area contributed by atoms with Crippen LogP contribution in [0.1, 0.15) is 13.3 Å². The fraction of sp³-hybridized carbons (Fsp3) is 0.467. The molecule has 1 aliphatic heterocycles. The van der Waals surface area contributed by atoms with Gasteiger partial charge < -0.3 is 14.7 Å². The number of nitrogens with one attached hydrogen (secondary N) is 1. The topological polar surface area (TPSA) is 78.9 Å². The van der Waals surface area contributed by atoms with Crippen LogP contribution in [0.4, 0.5) is 4.39 Å². The number of nitrogens with zero attached hydrogens (tertiary/aromatic N) is 1. The summed E-state index contributed by atoms with van der Waals surface area (Å²) in [5.74, 6) is -1.03. The zero-order valence-electron chi connectivity index (χ0n) is 12.3.